The number of rotatable bonds is 7. The quantitative estimate of drug-likeness (QED) is 0.792. The Kier molecular flexibility index (Phi) is 5.64. The largest absolute Gasteiger partial charge is 0.481 e. The van der Waals surface area contributed by atoms with Crippen LogP contribution in [0.15, 0.2) is 6.20 Å². The SMILES string of the molecule is COc1ncc(Cl)c(NC(C)CCCC(=O)O)n1. The molecule has 0 spiro atoms. The molecule has 1 atom stereocenters. The third-order valence-corrected chi connectivity index (χ3v) is 2.59. The first-order chi connectivity index (χ1) is 8.52. The average molecular weight is 274 g/mol. The maximum Gasteiger partial charge on any atom is 0.318 e. The van der Waals surface area contributed by atoms with Crippen molar-refractivity contribution in [3.63, 3.8) is 0 Å². The molecule has 0 fully saturated rings. The smallest absolute Gasteiger partial charge is 0.318 e. The Morgan fingerprint density at radius 2 is 2.39 bits per heavy atom. The van der Waals surface area contributed by atoms with E-state index in [0.29, 0.717) is 17.3 Å². The first kappa shape index (κ1) is 14.5. The Morgan fingerprint density at radius 1 is 1.67 bits per heavy atom. The van der Waals surface area contributed by atoms with Crippen LogP contribution >= 0.6 is 11.6 Å². The molecule has 100 valence electrons. The van der Waals surface area contributed by atoms with Crippen molar-refractivity contribution in [1.82, 2.24) is 9.97 Å². The number of nitrogens with zero attached hydrogens (tertiary/aromatic N) is 2. The number of nitrogens with one attached hydrogen (secondary N) is 1. The molecule has 1 unspecified atom stereocenters. The van der Waals surface area contributed by atoms with E-state index in [1.54, 1.807) is 0 Å². The number of carboxylic acid groups (broad SMARTS) is 1. The van der Waals surface area contributed by atoms with Gasteiger partial charge in [0.25, 0.3) is 0 Å². The molecule has 0 aliphatic carbocycles. The summed E-state index contributed by atoms with van der Waals surface area (Å²) >= 11 is 5.94. The number of aliphatic carboxylic acids is 1. The van der Waals surface area contributed by atoms with Crippen molar-refractivity contribution in [2.75, 3.05) is 12.4 Å². The molecule has 1 heterocycles. The third-order valence-electron chi connectivity index (χ3n) is 2.32. The molecule has 1 aromatic rings. The Labute approximate surface area is 110 Å². The standard InChI is InChI=1S/C11H16ClN3O3/c1-7(4-3-5-9(16)17)14-10-8(12)6-13-11(15-10)18-2/h6-7H,3-5H2,1-2H3,(H,16,17)(H,13,14,15). The van der Waals surface area contributed by atoms with Crippen LogP contribution in [0.2, 0.25) is 5.02 Å². The van der Waals surface area contributed by atoms with Crippen LogP contribution in [0.1, 0.15) is 26.2 Å². The van der Waals surface area contributed by atoms with Crippen molar-refractivity contribution in [3.8, 4) is 6.01 Å². The molecule has 0 saturated carbocycles. The molecule has 0 aliphatic rings. The minimum absolute atomic E-state index is 0.0708. The number of anilines is 1. The number of hydrogen-bond acceptors (Lipinski definition) is 5. The van der Waals surface area contributed by atoms with Crippen LogP contribution in [0.4, 0.5) is 5.82 Å². The first-order valence-electron chi connectivity index (χ1n) is 5.57. The van der Waals surface area contributed by atoms with E-state index in [1.807, 2.05) is 6.92 Å². The third kappa shape index (κ3) is 4.75. The average Bonchev–Trinajstić information content (AvgIpc) is 2.31. The Morgan fingerprint density at radius 3 is 3.00 bits per heavy atom. The van der Waals surface area contributed by atoms with Gasteiger partial charge in [-0.3, -0.25) is 4.79 Å². The summed E-state index contributed by atoms with van der Waals surface area (Å²) in [5.41, 5.74) is 0. The van der Waals surface area contributed by atoms with E-state index in [9.17, 15) is 4.79 Å². The topological polar surface area (TPSA) is 84.3 Å². The first-order valence-corrected chi connectivity index (χ1v) is 5.95. The van der Waals surface area contributed by atoms with Crippen molar-refractivity contribution in [3.05, 3.63) is 11.2 Å². The molecular formula is C11H16ClN3O3. The molecule has 0 bridgehead atoms. The summed E-state index contributed by atoms with van der Waals surface area (Å²) in [7, 11) is 1.48. The summed E-state index contributed by atoms with van der Waals surface area (Å²) < 4.78 is 4.91. The molecule has 18 heavy (non-hydrogen) atoms. The summed E-state index contributed by atoms with van der Waals surface area (Å²) in [5.74, 6) is -0.296. The minimum Gasteiger partial charge on any atom is -0.481 e. The Balaban J connectivity index is 2.52. The van der Waals surface area contributed by atoms with Gasteiger partial charge in [0.15, 0.2) is 5.82 Å². The zero-order valence-corrected chi connectivity index (χ0v) is 11.1. The fraction of sp³-hybridized carbons (Fsp3) is 0.545. The molecule has 2 N–H and O–H groups in total. The molecule has 1 aromatic heterocycles. The second kappa shape index (κ2) is 7.00. The second-order valence-corrected chi connectivity index (χ2v) is 4.29. The predicted molar refractivity (Wildman–Crippen MR) is 68.2 cm³/mol. The highest BCUT2D eigenvalue weighted by Gasteiger charge is 2.09. The van der Waals surface area contributed by atoms with Crippen molar-refractivity contribution in [1.29, 1.82) is 0 Å². The maximum atomic E-state index is 10.4. The van der Waals surface area contributed by atoms with Crippen molar-refractivity contribution < 1.29 is 14.6 Å². The highest BCUT2D eigenvalue weighted by molar-refractivity contribution is 6.32. The highest BCUT2D eigenvalue weighted by atomic mass is 35.5. The van der Waals surface area contributed by atoms with E-state index in [1.165, 1.54) is 13.3 Å². The molecule has 0 amide bonds. The van der Waals surface area contributed by atoms with Crippen LogP contribution in [-0.4, -0.2) is 34.2 Å². The molecule has 6 nitrogen and oxygen atoms in total. The molecule has 7 heteroatoms. The van der Waals surface area contributed by atoms with E-state index in [2.05, 4.69) is 15.3 Å². The van der Waals surface area contributed by atoms with Crippen LogP contribution in [0, 0.1) is 0 Å². The van der Waals surface area contributed by atoms with E-state index in [0.717, 1.165) is 6.42 Å². The maximum absolute atomic E-state index is 10.4. The van der Waals surface area contributed by atoms with Gasteiger partial charge in [0, 0.05) is 12.5 Å². The molecule has 1 rings (SSSR count). The van der Waals surface area contributed by atoms with E-state index < -0.39 is 5.97 Å². The molecule has 0 saturated heterocycles. The minimum atomic E-state index is -0.788. The highest BCUT2D eigenvalue weighted by Crippen LogP contribution is 2.21. The lowest BCUT2D eigenvalue weighted by Crippen LogP contribution is -2.17. The summed E-state index contributed by atoms with van der Waals surface area (Å²) in [5, 5.41) is 12.1. The van der Waals surface area contributed by atoms with Crippen molar-refractivity contribution >= 4 is 23.4 Å². The van der Waals surface area contributed by atoms with Gasteiger partial charge in [-0.1, -0.05) is 11.6 Å². The van der Waals surface area contributed by atoms with Crippen molar-refractivity contribution in [2.45, 2.75) is 32.2 Å². The zero-order chi connectivity index (χ0) is 13.5. The van der Waals surface area contributed by atoms with Gasteiger partial charge in [-0.05, 0) is 19.8 Å². The summed E-state index contributed by atoms with van der Waals surface area (Å²) in [6, 6.07) is 0.307. The number of carbonyl (C=O) groups is 1. The fourth-order valence-electron chi connectivity index (χ4n) is 1.42. The summed E-state index contributed by atoms with van der Waals surface area (Å²) in [6.45, 7) is 1.94. The second-order valence-electron chi connectivity index (χ2n) is 3.88. The van der Waals surface area contributed by atoms with Gasteiger partial charge < -0.3 is 15.2 Å². The van der Waals surface area contributed by atoms with Gasteiger partial charge in [-0.2, -0.15) is 4.98 Å². The van der Waals surface area contributed by atoms with Crippen LogP contribution in [0.3, 0.4) is 0 Å². The van der Waals surface area contributed by atoms with Crippen LogP contribution in [0.25, 0.3) is 0 Å². The predicted octanol–water partition coefficient (Wildman–Crippen LogP) is 2.19. The van der Waals surface area contributed by atoms with Gasteiger partial charge in [-0.25, -0.2) is 4.98 Å². The fourth-order valence-corrected chi connectivity index (χ4v) is 1.56. The van der Waals surface area contributed by atoms with Gasteiger partial charge in [0.05, 0.1) is 13.3 Å². The number of carboxylic acids is 1. The Hall–Kier alpha value is -1.56. The number of aromatic nitrogens is 2. The monoisotopic (exact) mass is 273 g/mol. The zero-order valence-electron chi connectivity index (χ0n) is 10.3. The summed E-state index contributed by atoms with van der Waals surface area (Å²) in [6.07, 6.45) is 2.94. The van der Waals surface area contributed by atoms with E-state index in [-0.39, 0.29) is 18.5 Å². The van der Waals surface area contributed by atoms with Gasteiger partial charge in [0.1, 0.15) is 5.02 Å². The number of halogens is 1. The van der Waals surface area contributed by atoms with Crippen LogP contribution in [0.5, 0.6) is 6.01 Å². The molecule has 0 aromatic carbocycles. The normalized spacial score (nSPS) is 11.9. The Bertz CT molecular complexity index is 415. The number of ether oxygens (including phenoxy) is 1. The van der Waals surface area contributed by atoms with Gasteiger partial charge >= 0.3 is 12.0 Å². The van der Waals surface area contributed by atoms with Crippen molar-refractivity contribution in [2.24, 2.45) is 0 Å². The molecular weight excluding hydrogens is 258 g/mol. The lowest BCUT2D eigenvalue weighted by Gasteiger charge is -2.15. The lowest BCUT2D eigenvalue weighted by atomic mass is 10.1. The van der Waals surface area contributed by atoms with E-state index in [4.69, 9.17) is 21.4 Å². The van der Waals surface area contributed by atoms with Gasteiger partial charge in [0.2, 0.25) is 0 Å². The van der Waals surface area contributed by atoms with E-state index >= 15 is 0 Å². The van der Waals surface area contributed by atoms with Crippen LogP contribution in [-0.2, 0) is 4.79 Å². The molecule has 0 radical (unpaired) electrons. The molecule has 0 aliphatic heterocycles. The lowest BCUT2D eigenvalue weighted by molar-refractivity contribution is -0.137. The van der Waals surface area contributed by atoms with Crippen LogP contribution < -0.4 is 10.1 Å². The number of hydrogen-bond donors (Lipinski definition) is 2. The van der Waals surface area contributed by atoms with Gasteiger partial charge in [-0.15, -0.1) is 0 Å². The number of methoxy groups -OCH3 is 1. The summed E-state index contributed by atoms with van der Waals surface area (Å²) in [4.78, 5) is 18.3.